The van der Waals surface area contributed by atoms with Crippen molar-refractivity contribution < 1.29 is 18.7 Å². The predicted molar refractivity (Wildman–Crippen MR) is 115 cm³/mol. The molecule has 3 heterocycles. The Morgan fingerprint density at radius 3 is 2.35 bits per heavy atom. The molecule has 2 saturated heterocycles. The molecule has 0 radical (unpaired) electrons. The number of nitrogens with zero attached hydrogens (tertiary/aromatic N) is 3. The first-order chi connectivity index (χ1) is 15.1. The largest absolute Gasteiger partial charge is 0.477 e. The SMILES string of the molecule is O=C1CCN(Cc2cc(=O)c(OCC(=O)N3CCN(c4ccccc4)CC3)co2)CC1. The van der Waals surface area contributed by atoms with Gasteiger partial charge in [-0.15, -0.1) is 0 Å². The molecule has 0 spiro atoms. The minimum absolute atomic E-state index is 0.0360. The first-order valence-electron chi connectivity index (χ1n) is 10.6. The van der Waals surface area contributed by atoms with Gasteiger partial charge < -0.3 is 19.0 Å². The highest BCUT2D eigenvalue weighted by Crippen LogP contribution is 2.16. The minimum Gasteiger partial charge on any atom is -0.477 e. The molecule has 1 aromatic carbocycles. The molecule has 2 fully saturated rings. The predicted octanol–water partition coefficient (Wildman–Crippen LogP) is 1.53. The van der Waals surface area contributed by atoms with E-state index in [1.807, 2.05) is 18.2 Å². The summed E-state index contributed by atoms with van der Waals surface area (Å²) in [6, 6.07) is 11.5. The number of ketones is 1. The van der Waals surface area contributed by atoms with Crippen LogP contribution in [0.5, 0.6) is 5.75 Å². The summed E-state index contributed by atoms with van der Waals surface area (Å²) < 4.78 is 11.0. The van der Waals surface area contributed by atoms with Gasteiger partial charge in [-0.25, -0.2) is 0 Å². The van der Waals surface area contributed by atoms with Gasteiger partial charge in [-0.1, -0.05) is 18.2 Å². The van der Waals surface area contributed by atoms with E-state index in [1.165, 1.54) is 12.3 Å². The van der Waals surface area contributed by atoms with E-state index in [0.717, 1.165) is 18.8 Å². The highest BCUT2D eigenvalue weighted by molar-refractivity contribution is 5.79. The fourth-order valence-corrected chi connectivity index (χ4v) is 3.89. The van der Waals surface area contributed by atoms with Crippen molar-refractivity contribution in [1.29, 1.82) is 0 Å². The monoisotopic (exact) mass is 425 g/mol. The molecule has 0 N–H and O–H groups in total. The summed E-state index contributed by atoms with van der Waals surface area (Å²) in [6.45, 7) is 4.38. The zero-order valence-corrected chi connectivity index (χ0v) is 17.5. The molecule has 1 aromatic heterocycles. The summed E-state index contributed by atoms with van der Waals surface area (Å²) in [4.78, 5) is 42.2. The molecule has 8 heteroatoms. The number of hydrogen-bond acceptors (Lipinski definition) is 7. The quantitative estimate of drug-likeness (QED) is 0.694. The Morgan fingerprint density at radius 1 is 0.968 bits per heavy atom. The van der Waals surface area contributed by atoms with Gasteiger partial charge in [-0.05, 0) is 12.1 Å². The lowest BCUT2D eigenvalue weighted by Crippen LogP contribution is -2.50. The minimum atomic E-state index is -0.309. The number of benzene rings is 1. The molecule has 31 heavy (non-hydrogen) atoms. The third kappa shape index (κ3) is 5.52. The number of piperidine rings is 1. The highest BCUT2D eigenvalue weighted by Gasteiger charge is 2.22. The Bertz CT molecular complexity index is 957. The van der Waals surface area contributed by atoms with E-state index in [1.54, 1.807) is 4.90 Å². The summed E-state index contributed by atoms with van der Waals surface area (Å²) in [5, 5.41) is 0. The van der Waals surface area contributed by atoms with Crippen molar-refractivity contribution in [3.63, 3.8) is 0 Å². The molecule has 2 aliphatic heterocycles. The van der Waals surface area contributed by atoms with Crippen LogP contribution in [-0.4, -0.2) is 67.4 Å². The van der Waals surface area contributed by atoms with Crippen molar-refractivity contribution in [2.45, 2.75) is 19.4 Å². The van der Waals surface area contributed by atoms with Gasteiger partial charge in [0.25, 0.3) is 5.91 Å². The number of likely N-dealkylation sites (tertiary alicyclic amines) is 1. The van der Waals surface area contributed by atoms with Crippen LogP contribution < -0.4 is 15.1 Å². The third-order valence-corrected chi connectivity index (χ3v) is 5.75. The Hall–Kier alpha value is -3.13. The van der Waals surface area contributed by atoms with Crippen LogP contribution in [0.4, 0.5) is 5.69 Å². The van der Waals surface area contributed by atoms with E-state index >= 15 is 0 Å². The van der Waals surface area contributed by atoms with Crippen molar-refractivity contribution >= 4 is 17.4 Å². The fourth-order valence-electron chi connectivity index (χ4n) is 3.89. The maximum absolute atomic E-state index is 12.5. The van der Waals surface area contributed by atoms with Crippen LogP contribution in [-0.2, 0) is 16.1 Å². The van der Waals surface area contributed by atoms with Crippen molar-refractivity contribution in [2.24, 2.45) is 0 Å². The van der Waals surface area contributed by atoms with E-state index in [4.69, 9.17) is 9.15 Å². The number of amides is 1. The molecular formula is C23H27N3O5. The van der Waals surface area contributed by atoms with Gasteiger partial charge in [0.05, 0.1) is 6.54 Å². The van der Waals surface area contributed by atoms with Gasteiger partial charge in [-0.2, -0.15) is 0 Å². The number of Topliss-reactive ketones (excluding diaryl/α,β-unsaturated/α-hetero) is 1. The molecule has 2 aromatic rings. The zero-order chi connectivity index (χ0) is 21.6. The molecule has 8 nitrogen and oxygen atoms in total. The van der Waals surface area contributed by atoms with Gasteiger partial charge in [0.2, 0.25) is 11.2 Å². The summed E-state index contributed by atoms with van der Waals surface area (Å²) in [5.41, 5.74) is 0.843. The molecule has 0 atom stereocenters. The fraction of sp³-hybridized carbons (Fsp3) is 0.435. The number of carbonyl (C=O) groups is 2. The van der Waals surface area contributed by atoms with Gasteiger partial charge in [0.1, 0.15) is 17.8 Å². The Morgan fingerprint density at radius 2 is 1.68 bits per heavy atom. The first-order valence-corrected chi connectivity index (χ1v) is 10.6. The van der Waals surface area contributed by atoms with Crippen molar-refractivity contribution in [3.8, 4) is 5.75 Å². The van der Waals surface area contributed by atoms with Crippen LogP contribution in [0.2, 0.25) is 0 Å². The summed E-state index contributed by atoms with van der Waals surface area (Å²) >= 11 is 0. The second kappa shape index (κ2) is 9.78. The standard InChI is InChI=1S/C23H27N3O5/c27-19-6-8-24(9-7-19)15-20-14-21(28)22(16-30-20)31-17-23(29)26-12-10-25(11-13-26)18-4-2-1-3-5-18/h1-5,14,16H,6-13,15,17H2. The lowest BCUT2D eigenvalue weighted by molar-refractivity contribution is -0.133. The first kappa shape index (κ1) is 21.1. The van der Waals surface area contributed by atoms with E-state index < -0.39 is 0 Å². The van der Waals surface area contributed by atoms with Gasteiger partial charge in [0, 0.05) is 63.9 Å². The van der Waals surface area contributed by atoms with Crippen molar-refractivity contribution in [3.05, 3.63) is 58.6 Å². The second-order valence-electron chi connectivity index (χ2n) is 7.88. The number of carbonyl (C=O) groups excluding carboxylic acids is 2. The van der Waals surface area contributed by atoms with Crippen LogP contribution in [0.15, 0.2) is 51.9 Å². The van der Waals surface area contributed by atoms with Crippen LogP contribution in [0.1, 0.15) is 18.6 Å². The van der Waals surface area contributed by atoms with Crippen LogP contribution >= 0.6 is 0 Å². The molecule has 164 valence electrons. The highest BCUT2D eigenvalue weighted by atomic mass is 16.5. The van der Waals surface area contributed by atoms with Crippen molar-refractivity contribution in [1.82, 2.24) is 9.80 Å². The second-order valence-corrected chi connectivity index (χ2v) is 7.88. The van der Waals surface area contributed by atoms with Crippen LogP contribution in [0.25, 0.3) is 0 Å². The summed E-state index contributed by atoms with van der Waals surface area (Å²) in [6.07, 6.45) is 2.34. The summed E-state index contributed by atoms with van der Waals surface area (Å²) in [7, 11) is 0. The molecule has 0 bridgehead atoms. The van der Waals surface area contributed by atoms with E-state index in [0.29, 0.717) is 51.3 Å². The average Bonchev–Trinajstić information content (AvgIpc) is 2.80. The lowest BCUT2D eigenvalue weighted by atomic mass is 10.1. The number of piperazine rings is 1. The van der Waals surface area contributed by atoms with Gasteiger partial charge >= 0.3 is 0 Å². The summed E-state index contributed by atoms with van der Waals surface area (Å²) in [5.74, 6) is 0.686. The Labute approximate surface area is 181 Å². The number of anilines is 1. The molecule has 2 aliphatic rings. The van der Waals surface area contributed by atoms with E-state index in [-0.39, 0.29) is 29.5 Å². The van der Waals surface area contributed by atoms with Crippen LogP contribution in [0, 0.1) is 0 Å². The molecule has 0 unspecified atom stereocenters. The van der Waals surface area contributed by atoms with Crippen LogP contribution in [0.3, 0.4) is 0 Å². The molecule has 0 aliphatic carbocycles. The Balaban J connectivity index is 1.25. The Kier molecular flexibility index (Phi) is 6.66. The maximum Gasteiger partial charge on any atom is 0.260 e. The third-order valence-electron chi connectivity index (χ3n) is 5.75. The number of ether oxygens (including phenoxy) is 1. The van der Waals surface area contributed by atoms with E-state index in [2.05, 4.69) is 21.9 Å². The molecule has 4 rings (SSSR count). The van der Waals surface area contributed by atoms with Gasteiger partial charge in [-0.3, -0.25) is 19.3 Å². The lowest BCUT2D eigenvalue weighted by Gasteiger charge is -2.36. The normalized spacial score (nSPS) is 17.6. The smallest absolute Gasteiger partial charge is 0.260 e. The van der Waals surface area contributed by atoms with E-state index in [9.17, 15) is 14.4 Å². The molecule has 0 saturated carbocycles. The number of hydrogen-bond donors (Lipinski definition) is 0. The van der Waals surface area contributed by atoms with Gasteiger partial charge in [0.15, 0.2) is 6.61 Å². The maximum atomic E-state index is 12.5. The van der Waals surface area contributed by atoms with Crippen molar-refractivity contribution in [2.75, 3.05) is 50.8 Å². The zero-order valence-electron chi connectivity index (χ0n) is 17.5. The molecular weight excluding hydrogens is 398 g/mol. The average molecular weight is 425 g/mol. The number of rotatable bonds is 6. The molecule has 1 amide bonds. The topological polar surface area (TPSA) is 83.3 Å². The number of para-hydroxylation sites is 1.